The molecule has 2 nitrogen and oxygen atoms in total. The second-order valence-corrected chi connectivity index (χ2v) is 7.76. The fourth-order valence-corrected chi connectivity index (χ4v) is 4.26. The first kappa shape index (κ1) is 13.7. The second-order valence-electron chi connectivity index (χ2n) is 6.48. The van der Waals surface area contributed by atoms with Gasteiger partial charge in [0.15, 0.2) is 0 Å². The number of nitrogens with one attached hydrogen (secondary N) is 2. The van der Waals surface area contributed by atoms with Gasteiger partial charge in [-0.05, 0) is 37.5 Å². The summed E-state index contributed by atoms with van der Waals surface area (Å²) in [7, 11) is 0. The van der Waals surface area contributed by atoms with Crippen molar-refractivity contribution in [2.24, 2.45) is 5.41 Å². The second kappa shape index (κ2) is 5.50. The van der Waals surface area contributed by atoms with Crippen LogP contribution in [0.25, 0.3) is 0 Å². The summed E-state index contributed by atoms with van der Waals surface area (Å²) in [6.45, 7) is 8.31. The van der Waals surface area contributed by atoms with Gasteiger partial charge in [-0.25, -0.2) is 0 Å². The largest absolute Gasteiger partial charge is 0.316 e. The summed E-state index contributed by atoms with van der Waals surface area (Å²) in [5.74, 6) is 0. The Morgan fingerprint density at radius 3 is 2.59 bits per heavy atom. The van der Waals surface area contributed by atoms with E-state index in [0.717, 1.165) is 6.54 Å². The number of hydrogen-bond acceptors (Lipinski definition) is 3. The van der Waals surface area contributed by atoms with Crippen LogP contribution in [0.4, 0.5) is 0 Å². The number of piperidine rings is 1. The van der Waals surface area contributed by atoms with Gasteiger partial charge in [-0.3, -0.25) is 0 Å². The Morgan fingerprint density at radius 2 is 2.00 bits per heavy atom. The Labute approximate surface area is 111 Å². The van der Waals surface area contributed by atoms with E-state index in [4.69, 9.17) is 0 Å². The molecule has 3 heteroatoms. The van der Waals surface area contributed by atoms with E-state index < -0.39 is 0 Å². The molecule has 0 amide bonds. The van der Waals surface area contributed by atoms with Crippen molar-refractivity contribution in [1.82, 2.24) is 10.6 Å². The molecule has 1 heterocycles. The Balaban J connectivity index is 1.88. The Morgan fingerprint density at radius 1 is 1.29 bits per heavy atom. The lowest BCUT2D eigenvalue weighted by molar-refractivity contribution is 0.182. The normalized spacial score (nSPS) is 31.6. The van der Waals surface area contributed by atoms with Gasteiger partial charge < -0.3 is 10.6 Å². The average Bonchev–Trinajstić information content (AvgIpc) is 2.76. The van der Waals surface area contributed by atoms with Crippen LogP contribution in [0.2, 0.25) is 0 Å². The van der Waals surface area contributed by atoms with E-state index in [9.17, 15) is 0 Å². The predicted molar refractivity (Wildman–Crippen MR) is 77.8 cm³/mol. The van der Waals surface area contributed by atoms with Gasteiger partial charge >= 0.3 is 0 Å². The maximum atomic E-state index is 3.88. The third-order valence-electron chi connectivity index (χ3n) is 4.75. The van der Waals surface area contributed by atoms with E-state index >= 15 is 0 Å². The van der Waals surface area contributed by atoms with Crippen LogP contribution in [0.3, 0.4) is 0 Å². The van der Waals surface area contributed by atoms with E-state index in [2.05, 4.69) is 42.5 Å². The van der Waals surface area contributed by atoms with E-state index in [-0.39, 0.29) is 0 Å². The number of hydrogen-bond donors (Lipinski definition) is 2. The first-order valence-corrected chi connectivity index (χ1v) is 8.30. The first-order chi connectivity index (χ1) is 8.08. The van der Waals surface area contributed by atoms with Crippen molar-refractivity contribution in [1.29, 1.82) is 0 Å². The molecule has 2 fully saturated rings. The van der Waals surface area contributed by atoms with Crippen molar-refractivity contribution in [3.63, 3.8) is 0 Å². The zero-order valence-corrected chi connectivity index (χ0v) is 12.5. The van der Waals surface area contributed by atoms with Gasteiger partial charge in [-0.2, -0.15) is 11.8 Å². The molecule has 1 aliphatic carbocycles. The molecule has 2 aliphatic rings. The van der Waals surface area contributed by atoms with Gasteiger partial charge in [0, 0.05) is 23.9 Å². The lowest BCUT2D eigenvalue weighted by Crippen LogP contribution is -2.55. The standard InChI is InChI=1S/C14H28N2S/c1-13(2)10-15-9-6-12(13)16-11-14(17-3)7-4-5-8-14/h12,15-16H,4-11H2,1-3H3. The van der Waals surface area contributed by atoms with Gasteiger partial charge in [0.1, 0.15) is 0 Å². The van der Waals surface area contributed by atoms with E-state index in [1.165, 1.54) is 45.2 Å². The monoisotopic (exact) mass is 256 g/mol. The molecule has 100 valence electrons. The van der Waals surface area contributed by atoms with Gasteiger partial charge in [0.25, 0.3) is 0 Å². The molecule has 0 aromatic carbocycles. The fourth-order valence-electron chi connectivity index (χ4n) is 3.33. The summed E-state index contributed by atoms with van der Waals surface area (Å²) in [5, 5.41) is 7.40. The number of rotatable bonds is 4. The Kier molecular flexibility index (Phi) is 4.43. The molecule has 1 saturated heterocycles. The molecule has 0 aromatic rings. The van der Waals surface area contributed by atoms with Crippen LogP contribution in [-0.4, -0.2) is 36.7 Å². The van der Waals surface area contributed by atoms with Gasteiger partial charge in [0.05, 0.1) is 0 Å². The predicted octanol–water partition coefficient (Wildman–Crippen LogP) is 2.64. The zero-order chi connectivity index (χ0) is 12.4. The molecule has 2 N–H and O–H groups in total. The summed E-state index contributed by atoms with van der Waals surface area (Å²) >= 11 is 2.09. The van der Waals surface area contributed by atoms with Crippen molar-refractivity contribution in [3.05, 3.63) is 0 Å². The minimum absolute atomic E-state index is 0.399. The minimum atomic E-state index is 0.399. The maximum absolute atomic E-state index is 3.88. The van der Waals surface area contributed by atoms with Crippen LogP contribution in [0, 0.1) is 5.41 Å². The highest BCUT2D eigenvalue weighted by atomic mass is 32.2. The quantitative estimate of drug-likeness (QED) is 0.808. The smallest absolute Gasteiger partial charge is 0.0281 e. The molecule has 0 radical (unpaired) electrons. The molecule has 1 atom stereocenters. The molecule has 1 unspecified atom stereocenters. The number of thioether (sulfide) groups is 1. The molecule has 0 bridgehead atoms. The third kappa shape index (κ3) is 3.18. The summed E-state index contributed by atoms with van der Waals surface area (Å²) in [6, 6.07) is 0.688. The summed E-state index contributed by atoms with van der Waals surface area (Å²) in [4.78, 5) is 0. The zero-order valence-electron chi connectivity index (χ0n) is 11.6. The highest BCUT2D eigenvalue weighted by Gasteiger charge is 2.36. The molecule has 0 spiro atoms. The van der Waals surface area contributed by atoms with Crippen LogP contribution < -0.4 is 10.6 Å². The SMILES string of the molecule is CSC1(CNC2CCNCC2(C)C)CCCC1. The fraction of sp³-hybridized carbons (Fsp3) is 1.00. The van der Waals surface area contributed by atoms with Crippen LogP contribution in [0.15, 0.2) is 0 Å². The highest BCUT2D eigenvalue weighted by molar-refractivity contribution is 8.00. The van der Waals surface area contributed by atoms with Crippen molar-refractivity contribution < 1.29 is 0 Å². The maximum Gasteiger partial charge on any atom is 0.0281 e. The first-order valence-electron chi connectivity index (χ1n) is 7.07. The van der Waals surface area contributed by atoms with Crippen LogP contribution in [-0.2, 0) is 0 Å². The van der Waals surface area contributed by atoms with Crippen molar-refractivity contribution in [2.45, 2.75) is 56.7 Å². The topological polar surface area (TPSA) is 24.1 Å². The summed E-state index contributed by atoms with van der Waals surface area (Å²) in [5.41, 5.74) is 0.399. The molecular weight excluding hydrogens is 228 g/mol. The average molecular weight is 256 g/mol. The Bertz CT molecular complexity index is 247. The molecule has 17 heavy (non-hydrogen) atoms. The van der Waals surface area contributed by atoms with Crippen molar-refractivity contribution in [2.75, 3.05) is 25.9 Å². The van der Waals surface area contributed by atoms with Crippen molar-refractivity contribution >= 4 is 11.8 Å². The summed E-state index contributed by atoms with van der Waals surface area (Å²) < 4.78 is 0.543. The molecule has 0 aromatic heterocycles. The van der Waals surface area contributed by atoms with E-state index in [0.29, 0.717) is 16.2 Å². The van der Waals surface area contributed by atoms with E-state index in [1.807, 2.05) is 0 Å². The van der Waals surface area contributed by atoms with E-state index in [1.54, 1.807) is 0 Å². The van der Waals surface area contributed by atoms with Gasteiger partial charge in [-0.15, -0.1) is 0 Å². The lowest BCUT2D eigenvalue weighted by Gasteiger charge is -2.41. The van der Waals surface area contributed by atoms with Crippen LogP contribution in [0.5, 0.6) is 0 Å². The van der Waals surface area contributed by atoms with Gasteiger partial charge in [-0.1, -0.05) is 26.7 Å². The molecule has 2 rings (SSSR count). The van der Waals surface area contributed by atoms with Gasteiger partial charge in [0.2, 0.25) is 0 Å². The summed E-state index contributed by atoms with van der Waals surface area (Å²) in [6.07, 6.45) is 9.24. The third-order valence-corrected chi connectivity index (χ3v) is 6.17. The lowest BCUT2D eigenvalue weighted by atomic mass is 9.80. The molecule has 1 aliphatic heterocycles. The highest BCUT2D eigenvalue weighted by Crippen LogP contribution is 2.40. The minimum Gasteiger partial charge on any atom is -0.316 e. The molecule has 1 saturated carbocycles. The van der Waals surface area contributed by atoms with Crippen LogP contribution >= 0.6 is 11.8 Å². The molecular formula is C14H28N2S. The van der Waals surface area contributed by atoms with Crippen LogP contribution in [0.1, 0.15) is 46.0 Å². The Hall–Kier alpha value is 0.270. The van der Waals surface area contributed by atoms with Crippen molar-refractivity contribution in [3.8, 4) is 0 Å².